The van der Waals surface area contributed by atoms with Gasteiger partial charge < -0.3 is 4.74 Å². The van der Waals surface area contributed by atoms with Gasteiger partial charge in [0.15, 0.2) is 0 Å². The molecule has 0 aromatic carbocycles. The smallest absolute Gasteiger partial charge is 0.348 e. The first-order valence-corrected chi connectivity index (χ1v) is 6.89. The monoisotopic (exact) mass is 304 g/mol. The molecule has 0 bridgehead atoms. The molecule has 3 nitrogen and oxygen atoms in total. The minimum atomic E-state index is -0.322. The fourth-order valence-corrected chi connectivity index (χ4v) is 2.11. The molecule has 0 radical (unpaired) electrons. The van der Waals surface area contributed by atoms with Gasteiger partial charge in [-0.2, -0.15) is 0 Å². The first-order chi connectivity index (χ1) is 7.52. The molecule has 0 aliphatic heterocycles. The van der Waals surface area contributed by atoms with Gasteiger partial charge in [-0.3, -0.25) is 4.79 Å². The van der Waals surface area contributed by atoms with Gasteiger partial charge in [-0.25, -0.2) is 4.79 Å². The first-order valence-electron chi connectivity index (χ1n) is 4.89. The van der Waals surface area contributed by atoms with Gasteiger partial charge in [0, 0.05) is 6.42 Å². The summed E-state index contributed by atoms with van der Waals surface area (Å²) in [7, 11) is 0. The first kappa shape index (κ1) is 13.4. The van der Waals surface area contributed by atoms with E-state index in [0.717, 1.165) is 5.56 Å². The van der Waals surface area contributed by atoms with Gasteiger partial charge in [-0.05, 0) is 30.9 Å². The summed E-state index contributed by atoms with van der Waals surface area (Å²) < 4.78 is 5.06. The molecule has 0 fully saturated rings. The van der Waals surface area contributed by atoms with E-state index in [4.69, 9.17) is 4.74 Å². The quantitative estimate of drug-likeness (QED) is 0.620. The molecule has 0 N–H and O–H groups in total. The number of ether oxygens (including phenoxy) is 1. The van der Waals surface area contributed by atoms with E-state index in [1.165, 1.54) is 11.3 Å². The van der Waals surface area contributed by atoms with E-state index < -0.39 is 0 Å². The Morgan fingerprint density at radius 1 is 1.50 bits per heavy atom. The van der Waals surface area contributed by atoms with Crippen molar-refractivity contribution in [1.82, 2.24) is 0 Å². The molecule has 0 saturated heterocycles. The number of Topliss-reactive ketones (excluding diaryl/α,β-unsaturated/α-hetero) is 1. The molecular weight excluding hydrogens is 292 g/mol. The number of rotatable bonds is 5. The van der Waals surface area contributed by atoms with Gasteiger partial charge >= 0.3 is 5.97 Å². The van der Waals surface area contributed by atoms with Crippen LogP contribution in [-0.2, 0) is 16.0 Å². The second kappa shape index (κ2) is 6.15. The predicted octanol–water partition coefficient (Wildman–Crippen LogP) is 2.82. The molecule has 0 aliphatic rings. The van der Waals surface area contributed by atoms with E-state index in [1.807, 2.05) is 5.38 Å². The third kappa shape index (κ3) is 4.06. The Hall–Kier alpha value is -0.680. The van der Waals surface area contributed by atoms with Crippen LogP contribution < -0.4 is 0 Å². The Morgan fingerprint density at radius 2 is 2.19 bits per heavy atom. The van der Waals surface area contributed by atoms with Gasteiger partial charge in [0.1, 0.15) is 10.7 Å². The molecule has 88 valence electrons. The standard InChI is InChI=1S/C11H13BrO3S/c1-7(2)15-11(14)10-4-8(6-16-10)3-9(13)5-12/h4,6-7H,3,5H2,1-2H3. The molecule has 0 aliphatic carbocycles. The highest BCUT2D eigenvalue weighted by Gasteiger charge is 2.13. The Balaban J connectivity index is 2.64. The molecule has 16 heavy (non-hydrogen) atoms. The third-order valence-corrected chi connectivity index (χ3v) is 3.33. The largest absolute Gasteiger partial charge is 0.459 e. The maximum absolute atomic E-state index is 11.5. The van der Waals surface area contributed by atoms with Crippen LogP contribution in [0.3, 0.4) is 0 Å². The van der Waals surface area contributed by atoms with Crippen LogP contribution in [0.25, 0.3) is 0 Å². The average Bonchev–Trinajstić information content (AvgIpc) is 2.65. The second-order valence-corrected chi connectivity index (χ2v) is 5.09. The van der Waals surface area contributed by atoms with E-state index in [2.05, 4.69) is 15.9 Å². The van der Waals surface area contributed by atoms with Crippen molar-refractivity contribution in [3.8, 4) is 0 Å². The summed E-state index contributed by atoms with van der Waals surface area (Å²) in [6, 6.07) is 1.72. The van der Waals surface area contributed by atoms with Crippen LogP contribution in [0.1, 0.15) is 29.1 Å². The Labute approximate surface area is 107 Å². The number of carbonyl (C=O) groups is 2. The number of ketones is 1. The molecule has 0 saturated carbocycles. The van der Waals surface area contributed by atoms with Crippen LogP contribution >= 0.6 is 27.3 Å². The second-order valence-electron chi connectivity index (χ2n) is 3.62. The SMILES string of the molecule is CC(C)OC(=O)c1cc(CC(=O)CBr)cs1. The van der Waals surface area contributed by atoms with Crippen LogP contribution in [0.15, 0.2) is 11.4 Å². The topological polar surface area (TPSA) is 43.4 Å². The van der Waals surface area contributed by atoms with Gasteiger partial charge in [-0.1, -0.05) is 15.9 Å². The third-order valence-electron chi connectivity index (χ3n) is 1.75. The summed E-state index contributed by atoms with van der Waals surface area (Å²) >= 11 is 4.41. The zero-order valence-corrected chi connectivity index (χ0v) is 11.6. The van der Waals surface area contributed by atoms with Crippen LogP contribution in [0, 0.1) is 0 Å². The van der Waals surface area contributed by atoms with E-state index in [0.29, 0.717) is 16.6 Å². The highest BCUT2D eigenvalue weighted by molar-refractivity contribution is 9.09. The van der Waals surface area contributed by atoms with Crippen molar-refractivity contribution in [2.75, 3.05) is 5.33 Å². The lowest BCUT2D eigenvalue weighted by Crippen LogP contribution is -2.10. The van der Waals surface area contributed by atoms with Crippen molar-refractivity contribution >= 4 is 39.0 Å². The van der Waals surface area contributed by atoms with Crippen LogP contribution in [0.5, 0.6) is 0 Å². The van der Waals surface area contributed by atoms with E-state index >= 15 is 0 Å². The summed E-state index contributed by atoms with van der Waals surface area (Å²) in [5, 5.41) is 2.16. The molecule has 1 aromatic rings. The van der Waals surface area contributed by atoms with Crippen molar-refractivity contribution in [1.29, 1.82) is 0 Å². The number of hydrogen-bond donors (Lipinski definition) is 0. The minimum absolute atomic E-state index is 0.0987. The van der Waals surface area contributed by atoms with Crippen molar-refractivity contribution in [2.24, 2.45) is 0 Å². The average molecular weight is 305 g/mol. The molecule has 0 spiro atoms. The fraction of sp³-hybridized carbons (Fsp3) is 0.455. The van der Waals surface area contributed by atoms with Crippen LogP contribution in [0.4, 0.5) is 0 Å². The normalized spacial score (nSPS) is 10.5. The molecule has 1 heterocycles. The summed E-state index contributed by atoms with van der Waals surface area (Å²) in [5.41, 5.74) is 0.866. The lowest BCUT2D eigenvalue weighted by molar-refractivity contribution is -0.115. The van der Waals surface area contributed by atoms with Crippen molar-refractivity contribution in [3.05, 3.63) is 21.9 Å². The zero-order chi connectivity index (χ0) is 12.1. The van der Waals surface area contributed by atoms with E-state index in [-0.39, 0.29) is 17.9 Å². The van der Waals surface area contributed by atoms with Crippen molar-refractivity contribution in [3.63, 3.8) is 0 Å². The number of carbonyl (C=O) groups excluding carboxylic acids is 2. The molecule has 1 aromatic heterocycles. The highest BCUT2D eigenvalue weighted by atomic mass is 79.9. The fourth-order valence-electron chi connectivity index (χ4n) is 1.12. The molecule has 1 rings (SSSR count). The number of hydrogen-bond acceptors (Lipinski definition) is 4. The highest BCUT2D eigenvalue weighted by Crippen LogP contribution is 2.17. The van der Waals surface area contributed by atoms with Crippen molar-refractivity contribution in [2.45, 2.75) is 26.4 Å². The minimum Gasteiger partial charge on any atom is -0.459 e. The number of esters is 1. The Bertz CT molecular complexity index is 384. The molecule has 0 amide bonds. The van der Waals surface area contributed by atoms with Crippen LogP contribution in [-0.4, -0.2) is 23.2 Å². The van der Waals surface area contributed by atoms with Gasteiger partial charge in [0.2, 0.25) is 0 Å². The summed E-state index contributed by atoms with van der Waals surface area (Å²) in [6.45, 7) is 3.61. The Morgan fingerprint density at radius 3 is 2.75 bits per heavy atom. The van der Waals surface area contributed by atoms with Crippen LogP contribution in [0.2, 0.25) is 0 Å². The van der Waals surface area contributed by atoms with E-state index in [1.54, 1.807) is 19.9 Å². The summed E-state index contributed by atoms with van der Waals surface area (Å²) in [4.78, 5) is 23.2. The summed E-state index contributed by atoms with van der Waals surface area (Å²) in [5.74, 6) is -0.223. The van der Waals surface area contributed by atoms with Gasteiger partial charge in [-0.15, -0.1) is 11.3 Å². The maximum atomic E-state index is 11.5. The molecular formula is C11H13BrO3S. The molecule has 0 unspecified atom stereocenters. The number of halogens is 1. The Kier molecular flexibility index (Phi) is 5.15. The number of alkyl halides is 1. The van der Waals surface area contributed by atoms with Gasteiger partial charge in [0.25, 0.3) is 0 Å². The molecule has 0 atom stereocenters. The molecule has 5 heteroatoms. The maximum Gasteiger partial charge on any atom is 0.348 e. The lowest BCUT2D eigenvalue weighted by Gasteiger charge is -2.05. The lowest BCUT2D eigenvalue weighted by atomic mass is 10.2. The van der Waals surface area contributed by atoms with Crippen molar-refractivity contribution < 1.29 is 14.3 Å². The summed E-state index contributed by atoms with van der Waals surface area (Å²) in [6.07, 6.45) is 0.235. The zero-order valence-electron chi connectivity index (χ0n) is 9.16. The van der Waals surface area contributed by atoms with E-state index in [9.17, 15) is 9.59 Å². The predicted molar refractivity (Wildman–Crippen MR) is 67.4 cm³/mol. The van der Waals surface area contributed by atoms with Gasteiger partial charge in [0.05, 0.1) is 11.4 Å². The number of thiophene rings is 1.